The second-order valence-electron chi connectivity index (χ2n) is 4.36. The van der Waals surface area contributed by atoms with Crippen LogP contribution in [0, 0.1) is 12.8 Å². The third-order valence-electron chi connectivity index (χ3n) is 2.90. The van der Waals surface area contributed by atoms with E-state index in [4.69, 9.17) is 10.2 Å². The fraction of sp³-hybridized carbons (Fsp3) is 0.385. The summed E-state index contributed by atoms with van der Waals surface area (Å²) < 4.78 is 5.80. The SMILES string of the molecule is Cc1c([C@@H](N)C(C)C)oc2ccccc12. The van der Waals surface area contributed by atoms with Crippen molar-refractivity contribution in [2.75, 3.05) is 0 Å². The lowest BCUT2D eigenvalue weighted by Gasteiger charge is -2.13. The van der Waals surface area contributed by atoms with Gasteiger partial charge in [-0.2, -0.15) is 0 Å². The number of aryl methyl sites for hydroxylation is 1. The van der Waals surface area contributed by atoms with Gasteiger partial charge in [0.1, 0.15) is 11.3 Å². The molecule has 2 heteroatoms. The Hall–Kier alpha value is -1.28. The molecule has 1 atom stereocenters. The number of rotatable bonds is 2. The molecule has 0 saturated heterocycles. The average Bonchev–Trinajstić information content (AvgIpc) is 2.56. The monoisotopic (exact) mass is 203 g/mol. The zero-order chi connectivity index (χ0) is 11.0. The summed E-state index contributed by atoms with van der Waals surface area (Å²) in [6.07, 6.45) is 0. The molecule has 0 aliphatic carbocycles. The van der Waals surface area contributed by atoms with Crippen LogP contribution in [0.4, 0.5) is 0 Å². The Morgan fingerprint density at radius 3 is 2.47 bits per heavy atom. The molecule has 0 saturated carbocycles. The van der Waals surface area contributed by atoms with E-state index in [1.807, 2.05) is 18.2 Å². The summed E-state index contributed by atoms with van der Waals surface area (Å²) in [4.78, 5) is 0. The van der Waals surface area contributed by atoms with E-state index in [1.165, 1.54) is 10.9 Å². The van der Waals surface area contributed by atoms with Crippen LogP contribution >= 0.6 is 0 Å². The molecule has 2 nitrogen and oxygen atoms in total. The first-order chi connectivity index (χ1) is 7.11. The number of hydrogen-bond donors (Lipinski definition) is 1. The van der Waals surface area contributed by atoms with Gasteiger partial charge in [-0.05, 0) is 24.5 Å². The van der Waals surface area contributed by atoms with Crippen molar-refractivity contribution in [2.45, 2.75) is 26.8 Å². The molecule has 0 spiro atoms. The van der Waals surface area contributed by atoms with Crippen molar-refractivity contribution in [3.63, 3.8) is 0 Å². The molecule has 80 valence electrons. The lowest BCUT2D eigenvalue weighted by molar-refractivity contribution is 0.415. The Labute approximate surface area is 90.1 Å². The fourth-order valence-corrected chi connectivity index (χ4v) is 1.81. The maximum absolute atomic E-state index is 6.11. The van der Waals surface area contributed by atoms with E-state index in [0.717, 1.165) is 11.3 Å². The topological polar surface area (TPSA) is 39.2 Å². The Morgan fingerprint density at radius 2 is 1.87 bits per heavy atom. The number of benzene rings is 1. The number of nitrogens with two attached hydrogens (primary N) is 1. The minimum absolute atomic E-state index is 0.0163. The van der Waals surface area contributed by atoms with Gasteiger partial charge < -0.3 is 10.2 Å². The van der Waals surface area contributed by atoms with Crippen molar-refractivity contribution in [2.24, 2.45) is 11.7 Å². The fourth-order valence-electron chi connectivity index (χ4n) is 1.81. The third kappa shape index (κ3) is 1.65. The van der Waals surface area contributed by atoms with Gasteiger partial charge in [-0.25, -0.2) is 0 Å². The minimum atomic E-state index is -0.0163. The van der Waals surface area contributed by atoms with E-state index < -0.39 is 0 Å². The molecule has 0 aliphatic rings. The van der Waals surface area contributed by atoms with Gasteiger partial charge in [-0.3, -0.25) is 0 Å². The van der Waals surface area contributed by atoms with Crippen molar-refractivity contribution in [3.05, 3.63) is 35.6 Å². The second kappa shape index (κ2) is 3.70. The summed E-state index contributed by atoms with van der Waals surface area (Å²) in [5, 5.41) is 1.17. The van der Waals surface area contributed by atoms with Crippen molar-refractivity contribution in [3.8, 4) is 0 Å². The highest BCUT2D eigenvalue weighted by Gasteiger charge is 2.19. The maximum atomic E-state index is 6.11. The number of hydrogen-bond acceptors (Lipinski definition) is 2. The molecular formula is C13H17NO. The highest BCUT2D eigenvalue weighted by molar-refractivity contribution is 5.82. The zero-order valence-electron chi connectivity index (χ0n) is 9.45. The van der Waals surface area contributed by atoms with Crippen LogP contribution in [-0.4, -0.2) is 0 Å². The van der Waals surface area contributed by atoms with Crippen LogP contribution < -0.4 is 5.73 Å². The number of furan rings is 1. The largest absolute Gasteiger partial charge is 0.459 e. The van der Waals surface area contributed by atoms with Gasteiger partial charge >= 0.3 is 0 Å². The van der Waals surface area contributed by atoms with Crippen LogP contribution in [-0.2, 0) is 0 Å². The molecule has 0 bridgehead atoms. The first-order valence-corrected chi connectivity index (χ1v) is 5.35. The van der Waals surface area contributed by atoms with Crippen LogP contribution in [0.2, 0.25) is 0 Å². The van der Waals surface area contributed by atoms with E-state index in [2.05, 4.69) is 26.8 Å². The maximum Gasteiger partial charge on any atom is 0.134 e. The van der Waals surface area contributed by atoms with Crippen molar-refractivity contribution < 1.29 is 4.42 Å². The van der Waals surface area contributed by atoms with E-state index in [-0.39, 0.29) is 6.04 Å². The molecule has 15 heavy (non-hydrogen) atoms. The molecule has 2 rings (SSSR count). The van der Waals surface area contributed by atoms with Crippen LogP contribution in [0.15, 0.2) is 28.7 Å². The van der Waals surface area contributed by atoms with Gasteiger partial charge in [-0.15, -0.1) is 0 Å². The molecule has 1 aromatic carbocycles. The summed E-state index contributed by atoms with van der Waals surface area (Å²) in [6.45, 7) is 6.29. The van der Waals surface area contributed by atoms with E-state index >= 15 is 0 Å². The molecule has 0 fully saturated rings. The van der Waals surface area contributed by atoms with Gasteiger partial charge in [-0.1, -0.05) is 32.0 Å². The molecule has 0 aliphatic heterocycles. The van der Waals surface area contributed by atoms with Crippen molar-refractivity contribution in [1.29, 1.82) is 0 Å². The van der Waals surface area contributed by atoms with E-state index in [1.54, 1.807) is 0 Å². The predicted molar refractivity (Wildman–Crippen MR) is 62.7 cm³/mol. The molecule has 1 heterocycles. The smallest absolute Gasteiger partial charge is 0.134 e. The summed E-state index contributed by atoms with van der Waals surface area (Å²) >= 11 is 0. The predicted octanol–water partition coefficient (Wildman–Crippen LogP) is 3.40. The van der Waals surface area contributed by atoms with Crippen LogP contribution in [0.3, 0.4) is 0 Å². The highest BCUT2D eigenvalue weighted by atomic mass is 16.3. The first kappa shape index (κ1) is 10.2. The van der Waals surface area contributed by atoms with Gasteiger partial charge in [0, 0.05) is 5.39 Å². The van der Waals surface area contributed by atoms with Crippen LogP contribution in [0.25, 0.3) is 11.0 Å². The molecule has 0 amide bonds. The Balaban J connectivity index is 2.58. The third-order valence-corrected chi connectivity index (χ3v) is 2.90. The second-order valence-corrected chi connectivity index (χ2v) is 4.36. The lowest BCUT2D eigenvalue weighted by atomic mass is 9.99. The first-order valence-electron chi connectivity index (χ1n) is 5.35. The quantitative estimate of drug-likeness (QED) is 0.812. The van der Waals surface area contributed by atoms with E-state index in [0.29, 0.717) is 5.92 Å². The minimum Gasteiger partial charge on any atom is -0.459 e. The lowest BCUT2D eigenvalue weighted by Crippen LogP contribution is -2.16. The summed E-state index contributed by atoms with van der Waals surface area (Å²) in [5.74, 6) is 1.32. The van der Waals surface area contributed by atoms with Crippen LogP contribution in [0.5, 0.6) is 0 Å². The molecular weight excluding hydrogens is 186 g/mol. The molecule has 0 radical (unpaired) electrons. The molecule has 0 unspecified atom stereocenters. The Bertz CT molecular complexity index is 470. The van der Waals surface area contributed by atoms with Gasteiger partial charge in [0.05, 0.1) is 6.04 Å². The molecule has 2 N–H and O–H groups in total. The highest BCUT2D eigenvalue weighted by Crippen LogP contribution is 2.30. The summed E-state index contributed by atoms with van der Waals surface area (Å²) in [5.41, 5.74) is 8.21. The van der Waals surface area contributed by atoms with Crippen molar-refractivity contribution in [1.82, 2.24) is 0 Å². The number of para-hydroxylation sites is 1. The Kier molecular flexibility index (Phi) is 2.53. The van der Waals surface area contributed by atoms with Gasteiger partial charge in [0.15, 0.2) is 0 Å². The Morgan fingerprint density at radius 1 is 1.20 bits per heavy atom. The van der Waals surface area contributed by atoms with Gasteiger partial charge in [0.2, 0.25) is 0 Å². The average molecular weight is 203 g/mol. The summed E-state index contributed by atoms with van der Waals surface area (Å²) in [7, 11) is 0. The van der Waals surface area contributed by atoms with E-state index in [9.17, 15) is 0 Å². The van der Waals surface area contributed by atoms with Crippen LogP contribution in [0.1, 0.15) is 31.2 Å². The zero-order valence-corrected chi connectivity index (χ0v) is 9.45. The standard InChI is InChI=1S/C13H17NO/c1-8(2)12(14)13-9(3)10-6-4-5-7-11(10)15-13/h4-8,12H,14H2,1-3H3/t12-/m0/s1. The molecule has 2 aromatic rings. The number of fused-ring (bicyclic) bond motifs is 1. The van der Waals surface area contributed by atoms with Gasteiger partial charge in [0.25, 0.3) is 0 Å². The normalized spacial score (nSPS) is 13.7. The summed E-state index contributed by atoms with van der Waals surface area (Å²) in [6, 6.07) is 8.05. The molecule has 1 aromatic heterocycles. The van der Waals surface area contributed by atoms with Crippen molar-refractivity contribution >= 4 is 11.0 Å².